The van der Waals surface area contributed by atoms with Gasteiger partial charge in [-0.3, -0.25) is 9.59 Å². The third kappa shape index (κ3) is 2.97. The zero-order valence-electron chi connectivity index (χ0n) is 13.1. The number of carbonyl (C=O) groups excluding carboxylic acids is 1. The predicted octanol–water partition coefficient (Wildman–Crippen LogP) is 3.02. The number of ether oxygens (including phenoxy) is 2. The monoisotopic (exact) mass is 334 g/mol. The average Bonchev–Trinajstić information content (AvgIpc) is 3.10. The van der Waals surface area contributed by atoms with Gasteiger partial charge >= 0.3 is 0 Å². The summed E-state index contributed by atoms with van der Waals surface area (Å²) in [6.45, 7) is 0.174. The molecular weight excluding hydrogens is 320 g/mol. The molecule has 2 heterocycles. The lowest BCUT2D eigenvalue weighted by atomic mass is 10.1. The van der Waals surface area contributed by atoms with Crippen LogP contribution in [0.1, 0.15) is 10.4 Å². The van der Waals surface area contributed by atoms with Crippen LogP contribution in [-0.2, 0) is 0 Å². The van der Waals surface area contributed by atoms with E-state index in [0.29, 0.717) is 28.3 Å². The van der Waals surface area contributed by atoms with Gasteiger partial charge in [-0.05, 0) is 23.8 Å². The fourth-order valence-electron chi connectivity index (χ4n) is 2.62. The molecule has 3 aromatic rings. The van der Waals surface area contributed by atoms with Crippen LogP contribution < -0.4 is 20.3 Å². The molecule has 0 radical (unpaired) electrons. The van der Waals surface area contributed by atoms with Gasteiger partial charge in [0.05, 0.1) is 5.56 Å². The van der Waals surface area contributed by atoms with Gasteiger partial charge in [-0.1, -0.05) is 30.3 Å². The molecule has 25 heavy (non-hydrogen) atoms. The fraction of sp³-hybridized carbons (Fsp3) is 0.0526. The topological polar surface area (TPSA) is 80.4 Å². The molecule has 1 amide bonds. The Labute approximate surface area is 143 Å². The minimum absolute atomic E-state index is 0.174. The van der Waals surface area contributed by atoms with Crippen molar-refractivity contribution in [2.24, 2.45) is 0 Å². The predicted molar refractivity (Wildman–Crippen MR) is 93.0 cm³/mol. The third-order valence-electron chi connectivity index (χ3n) is 3.88. The molecule has 0 saturated carbocycles. The number of aromatic amines is 1. The first-order valence-corrected chi connectivity index (χ1v) is 7.70. The van der Waals surface area contributed by atoms with Crippen LogP contribution in [0.4, 0.5) is 5.69 Å². The Morgan fingerprint density at radius 3 is 2.64 bits per heavy atom. The highest BCUT2D eigenvalue weighted by Crippen LogP contribution is 2.34. The molecule has 2 N–H and O–H groups in total. The van der Waals surface area contributed by atoms with E-state index in [0.717, 1.165) is 5.56 Å². The Kier molecular flexibility index (Phi) is 3.70. The molecule has 0 aliphatic carbocycles. The molecule has 2 aromatic carbocycles. The maximum absolute atomic E-state index is 12.5. The van der Waals surface area contributed by atoms with E-state index >= 15 is 0 Å². The first-order chi connectivity index (χ1) is 12.2. The minimum Gasteiger partial charge on any atom is -0.454 e. The molecule has 6 heteroatoms. The molecule has 0 saturated heterocycles. The molecule has 0 bridgehead atoms. The number of hydrogen-bond donors (Lipinski definition) is 2. The Balaban J connectivity index is 1.61. The van der Waals surface area contributed by atoms with Crippen LogP contribution in [0.2, 0.25) is 0 Å². The maximum Gasteiger partial charge on any atom is 0.257 e. The molecular formula is C19H14N2O4. The molecule has 4 rings (SSSR count). The number of nitrogens with one attached hydrogen (secondary N) is 2. The largest absolute Gasteiger partial charge is 0.454 e. The molecule has 0 fully saturated rings. The van der Waals surface area contributed by atoms with E-state index in [1.807, 2.05) is 30.3 Å². The fourth-order valence-corrected chi connectivity index (χ4v) is 2.62. The van der Waals surface area contributed by atoms with E-state index in [-0.39, 0.29) is 18.3 Å². The van der Waals surface area contributed by atoms with Gasteiger partial charge in [0.25, 0.3) is 11.5 Å². The summed E-state index contributed by atoms with van der Waals surface area (Å²) >= 11 is 0. The van der Waals surface area contributed by atoms with Crippen molar-refractivity contribution in [3.63, 3.8) is 0 Å². The number of H-pyrrole nitrogens is 1. The Bertz CT molecular complexity index is 996. The van der Waals surface area contributed by atoms with Gasteiger partial charge in [0.1, 0.15) is 0 Å². The maximum atomic E-state index is 12.5. The van der Waals surface area contributed by atoms with Crippen LogP contribution in [0, 0.1) is 0 Å². The summed E-state index contributed by atoms with van der Waals surface area (Å²) in [5, 5.41) is 2.79. The van der Waals surface area contributed by atoms with Crippen molar-refractivity contribution < 1.29 is 14.3 Å². The molecule has 6 nitrogen and oxygen atoms in total. The van der Waals surface area contributed by atoms with Crippen molar-refractivity contribution in [3.8, 4) is 22.6 Å². The summed E-state index contributed by atoms with van der Waals surface area (Å²) in [4.78, 5) is 27.2. The van der Waals surface area contributed by atoms with Gasteiger partial charge in [-0.25, -0.2) is 0 Å². The van der Waals surface area contributed by atoms with Gasteiger partial charge in [0.15, 0.2) is 11.5 Å². The SMILES string of the molecule is O=C(Nc1ccc2c(c1)OCO2)c1c[nH]c(=O)c(-c2ccccc2)c1. The quantitative estimate of drug-likeness (QED) is 0.771. The lowest BCUT2D eigenvalue weighted by molar-refractivity contribution is 0.102. The second kappa shape index (κ2) is 6.16. The third-order valence-corrected chi connectivity index (χ3v) is 3.88. The van der Waals surface area contributed by atoms with E-state index in [2.05, 4.69) is 10.3 Å². The number of fused-ring (bicyclic) bond motifs is 1. The Hall–Kier alpha value is -3.54. The number of amides is 1. The van der Waals surface area contributed by atoms with Gasteiger partial charge in [0.2, 0.25) is 6.79 Å². The molecule has 0 unspecified atom stereocenters. The summed E-state index contributed by atoms with van der Waals surface area (Å²) < 4.78 is 10.5. The average molecular weight is 334 g/mol. The molecule has 0 atom stereocenters. The summed E-state index contributed by atoms with van der Waals surface area (Å²) in [7, 11) is 0. The van der Waals surface area contributed by atoms with Gasteiger partial charge in [-0.15, -0.1) is 0 Å². The van der Waals surface area contributed by atoms with E-state index in [9.17, 15) is 9.59 Å². The summed E-state index contributed by atoms with van der Waals surface area (Å²) in [5.74, 6) is 0.907. The van der Waals surface area contributed by atoms with E-state index < -0.39 is 0 Å². The van der Waals surface area contributed by atoms with Crippen molar-refractivity contribution in [2.45, 2.75) is 0 Å². The van der Waals surface area contributed by atoms with Crippen molar-refractivity contribution >= 4 is 11.6 Å². The second-order valence-corrected chi connectivity index (χ2v) is 5.52. The lowest BCUT2D eigenvalue weighted by Crippen LogP contribution is -2.16. The standard InChI is InChI=1S/C19H14N2O4/c22-18(21-14-6-7-16-17(9-14)25-11-24-16)13-8-15(19(23)20-10-13)12-4-2-1-3-5-12/h1-10H,11H2,(H,20,23)(H,21,22). The highest BCUT2D eigenvalue weighted by atomic mass is 16.7. The number of anilines is 1. The summed E-state index contributed by atoms with van der Waals surface area (Å²) in [5.41, 5.74) is 1.89. The van der Waals surface area contributed by atoms with Crippen molar-refractivity contribution in [1.82, 2.24) is 4.98 Å². The highest BCUT2D eigenvalue weighted by Gasteiger charge is 2.15. The normalized spacial score (nSPS) is 12.0. The van der Waals surface area contributed by atoms with Gasteiger partial charge < -0.3 is 19.8 Å². The smallest absolute Gasteiger partial charge is 0.257 e. The summed E-state index contributed by atoms with van der Waals surface area (Å²) in [6, 6.07) is 15.9. The number of hydrogen-bond acceptors (Lipinski definition) is 4. The zero-order valence-corrected chi connectivity index (χ0v) is 13.1. The Morgan fingerprint density at radius 1 is 1.00 bits per heavy atom. The first-order valence-electron chi connectivity index (χ1n) is 7.70. The van der Waals surface area contributed by atoms with E-state index in [1.165, 1.54) is 6.20 Å². The van der Waals surface area contributed by atoms with Crippen LogP contribution in [0.25, 0.3) is 11.1 Å². The van der Waals surface area contributed by atoms with E-state index in [4.69, 9.17) is 9.47 Å². The molecule has 124 valence electrons. The van der Waals surface area contributed by atoms with Gasteiger partial charge in [-0.2, -0.15) is 0 Å². The first kappa shape index (κ1) is 15.0. The molecule has 1 aliphatic rings. The minimum atomic E-state index is -0.327. The highest BCUT2D eigenvalue weighted by molar-refractivity contribution is 6.04. The van der Waals surface area contributed by atoms with Crippen molar-refractivity contribution in [3.05, 3.63) is 76.7 Å². The van der Waals surface area contributed by atoms with Crippen molar-refractivity contribution in [1.29, 1.82) is 0 Å². The van der Waals surface area contributed by atoms with E-state index in [1.54, 1.807) is 24.3 Å². The van der Waals surface area contributed by atoms with Crippen LogP contribution in [0.3, 0.4) is 0 Å². The number of carbonyl (C=O) groups is 1. The number of aromatic nitrogens is 1. The van der Waals surface area contributed by atoms with Crippen LogP contribution >= 0.6 is 0 Å². The van der Waals surface area contributed by atoms with Gasteiger partial charge in [0, 0.05) is 23.5 Å². The Morgan fingerprint density at radius 2 is 1.80 bits per heavy atom. The molecule has 1 aliphatic heterocycles. The zero-order chi connectivity index (χ0) is 17.2. The summed E-state index contributed by atoms with van der Waals surface area (Å²) in [6.07, 6.45) is 1.40. The molecule has 1 aromatic heterocycles. The van der Waals surface area contributed by atoms with Crippen LogP contribution in [0.15, 0.2) is 65.6 Å². The van der Waals surface area contributed by atoms with Crippen LogP contribution in [0.5, 0.6) is 11.5 Å². The molecule has 0 spiro atoms. The van der Waals surface area contributed by atoms with Crippen molar-refractivity contribution in [2.75, 3.05) is 12.1 Å². The number of benzene rings is 2. The number of rotatable bonds is 3. The number of pyridine rings is 1. The van der Waals surface area contributed by atoms with Crippen LogP contribution in [-0.4, -0.2) is 17.7 Å². The lowest BCUT2D eigenvalue weighted by Gasteiger charge is -2.07. The second-order valence-electron chi connectivity index (χ2n) is 5.52.